The van der Waals surface area contributed by atoms with Crippen molar-refractivity contribution in [3.63, 3.8) is 0 Å². The highest BCUT2D eigenvalue weighted by Gasteiger charge is 2.39. The van der Waals surface area contributed by atoms with Gasteiger partial charge in [0.05, 0.1) is 5.41 Å². The van der Waals surface area contributed by atoms with Crippen molar-refractivity contribution in [3.8, 4) is 0 Å². The van der Waals surface area contributed by atoms with Crippen molar-refractivity contribution in [1.82, 2.24) is 5.32 Å². The van der Waals surface area contributed by atoms with Crippen LogP contribution in [0.5, 0.6) is 0 Å². The first-order valence-electron chi connectivity index (χ1n) is 7.26. The van der Waals surface area contributed by atoms with Gasteiger partial charge in [-0.25, -0.2) is 0 Å². The molecule has 0 atom stereocenters. The van der Waals surface area contributed by atoms with E-state index >= 15 is 0 Å². The van der Waals surface area contributed by atoms with E-state index in [0.29, 0.717) is 5.78 Å². The Labute approximate surface area is 112 Å². The Kier molecular flexibility index (Phi) is 6.34. The Morgan fingerprint density at radius 2 is 1.89 bits per heavy atom. The number of allylic oxidation sites excluding steroid dienone is 4. The highest BCUT2D eigenvalue weighted by Crippen LogP contribution is 2.39. The van der Waals surface area contributed by atoms with Crippen LogP contribution in [0.3, 0.4) is 0 Å². The van der Waals surface area contributed by atoms with Crippen LogP contribution >= 0.6 is 0 Å². The molecule has 2 heteroatoms. The minimum absolute atomic E-state index is 0.178. The Morgan fingerprint density at radius 3 is 2.33 bits per heavy atom. The van der Waals surface area contributed by atoms with Crippen molar-refractivity contribution in [2.75, 3.05) is 13.1 Å². The summed E-state index contributed by atoms with van der Waals surface area (Å²) in [6.45, 7) is 7.92. The van der Waals surface area contributed by atoms with Crippen LogP contribution < -0.4 is 5.32 Å². The molecule has 1 aliphatic heterocycles. The van der Waals surface area contributed by atoms with Gasteiger partial charge in [-0.05, 0) is 51.3 Å². The lowest BCUT2D eigenvalue weighted by Crippen LogP contribution is -2.42. The lowest BCUT2D eigenvalue weighted by Gasteiger charge is -2.37. The predicted octanol–water partition coefficient (Wildman–Crippen LogP) is 3.64. The summed E-state index contributed by atoms with van der Waals surface area (Å²) < 4.78 is 0. The van der Waals surface area contributed by atoms with Gasteiger partial charge in [0, 0.05) is 0 Å². The third-order valence-electron chi connectivity index (χ3n) is 3.68. The summed E-state index contributed by atoms with van der Waals surface area (Å²) in [7, 11) is 0. The minimum atomic E-state index is -0.178. The van der Waals surface area contributed by atoms with Gasteiger partial charge in [-0.1, -0.05) is 38.5 Å². The van der Waals surface area contributed by atoms with Crippen LogP contribution in [0.15, 0.2) is 23.8 Å². The molecule has 2 rings (SSSR count). The van der Waals surface area contributed by atoms with Crippen LogP contribution in [0.2, 0.25) is 0 Å². The molecule has 0 unspecified atom stereocenters. The van der Waals surface area contributed by atoms with Crippen molar-refractivity contribution in [3.05, 3.63) is 23.8 Å². The number of hydrogen-bond acceptors (Lipinski definition) is 2. The molecule has 0 aromatic rings. The zero-order valence-electron chi connectivity index (χ0n) is 12.1. The van der Waals surface area contributed by atoms with E-state index in [1.165, 1.54) is 12.0 Å². The quantitative estimate of drug-likeness (QED) is 0.809. The van der Waals surface area contributed by atoms with E-state index in [1.54, 1.807) is 6.92 Å². The van der Waals surface area contributed by atoms with Crippen molar-refractivity contribution in [1.29, 1.82) is 0 Å². The van der Waals surface area contributed by atoms with E-state index in [4.69, 9.17) is 0 Å². The smallest absolute Gasteiger partial charge is 0.140 e. The summed E-state index contributed by atoms with van der Waals surface area (Å²) in [6, 6.07) is 0. The van der Waals surface area contributed by atoms with E-state index in [2.05, 4.69) is 37.4 Å². The average Bonchev–Trinajstić information content (AvgIpc) is 2.41. The average molecular weight is 249 g/mol. The molecule has 0 spiro atoms. The van der Waals surface area contributed by atoms with Gasteiger partial charge in [0.2, 0.25) is 0 Å². The topological polar surface area (TPSA) is 29.1 Å². The third kappa shape index (κ3) is 3.55. The number of carbonyl (C=O) groups excluding carboxylic acids is 1. The molecular formula is C16H27NO. The van der Waals surface area contributed by atoms with Crippen molar-refractivity contribution in [2.24, 2.45) is 5.41 Å². The first-order valence-corrected chi connectivity index (χ1v) is 7.26. The molecule has 1 N–H and O–H groups in total. The van der Waals surface area contributed by atoms with Crippen LogP contribution in [0.4, 0.5) is 0 Å². The highest BCUT2D eigenvalue weighted by atomic mass is 16.1. The lowest BCUT2D eigenvalue weighted by molar-refractivity contribution is -0.125. The summed E-state index contributed by atoms with van der Waals surface area (Å²) in [6.07, 6.45) is 12.0. The fourth-order valence-corrected chi connectivity index (χ4v) is 2.67. The SMILES string of the molecule is CC(=O)C1(C2=CCCC=C2)CCNCC1.CCC. The predicted molar refractivity (Wildman–Crippen MR) is 77.6 cm³/mol. The molecule has 0 bridgehead atoms. The number of carbonyl (C=O) groups is 1. The van der Waals surface area contributed by atoms with Gasteiger partial charge in [-0.3, -0.25) is 4.79 Å². The number of Topliss-reactive ketones (excluding diaryl/α,β-unsaturated/α-hetero) is 1. The van der Waals surface area contributed by atoms with Gasteiger partial charge in [0.25, 0.3) is 0 Å². The molecule has 1 saturated heterocycles. The summed E-state index contributed by atoms with van der Waals surface area (Å²) in [4.78, 5) is 11.9. The Balaban J connectivity index is 0.000000492. The minimum Gasteiger partial charge on any atom is -0.317 e. The fourth-order valence-electron chi connectivity index (χ4n) is 2.67. The molecule has 1 aliphatic carbocycles. The van der Waals surface area contributed by atoms with Gasteiger partial charge >= 0.3 is 0 Å². The third-order valence-corrected chi connectivity index (χ3v) is 3.68. The van der Waals surface area contributed by atoms with Crippen molar-refractivity contribution >= 4 is 5.78 Å². The van der Waals surface area contributed by atoms with Crippen LogP contribution in [-0.4, -0.2) is 18.9 Å². The van der Waals surface area contributed by atoms with Gasteiger partial charge in [0.15, 0.2) is 0 Å². The van der Waals surface area contributed by atoms with Crippen LogP contribution in [0.25, 0.3) is 0 Å². The largest absolute Gasteiger partial charge is 0.317 e. The van der Waals surface area contributed by atoms with Crippen LogP contribution in [0, 0.1) is 5.41 Å². The highest BCUT2D eigenvalue weighted by molar-refractivity contribution is 5.86. The standard InChI is InChI=1S/C13H19NO.C3H8/c1-11(15)13(7-9-14-10-8-13)12-5-3-2-4-6-12;1-3-2/h3,5-6,14H,2,4,7-10H2,1H3;3H2,1-2H3. The molecule has 0 saturated carbocycles. The number of hydrogen-bond donors (Lipinski definition) is 1. The maximum atomic E-state index is 11.9. The maximum absolute atomic E-state index is 11.9. The molecule has 2 aliphatic rings. The molecule has 1 heterocycles. The molecule has 18 heavy (non-hydrogen) atoms. The summed E-state index contributed by atoms with van der Waals surface area (Å²) >= 11 is 0. The Morgan fingerprint density at radius 1 is 1.28 bits per heavy atom. The molecule has 1 fully saturated rings. The number of nitrogens with one attached hydrogen (secondary N) is 1. The Bertz CT molecular complexity index is 322. The zero-order valence-corrected chi connectivity index (χ0v) is 12.1. The molecule has 2 nitrogen and oxygen atoms in total. The molecule has 0 aromatic carbocycles. The van der Waals surface area contributed by atoms with E-state index in [9.17, 15) is 4.79 Å². The van der Waals surface area contributed by atoms with Crippen LogP contribution in [-0.2, 0) is 4.79 Å². The van der Waals surface area contributed by atoms with E-state index in [0.717, 1.165) is 38.8 Å². The normalized spacial score (nSPS) is 21.6. The number of piperidine rings is 1. The van der Waals surface area contributed by atoms with E-state index in [1.807, 2.05) is 0 Å². The fraction of sp³-hybridized carbons (Fsp3) is 0.688. The van der Waals surface area contributed by atoms with Crippen molar-refractivity contribution in [2.45, 2.75) is 52.9 Å². The monoisotopic (exact) mass is 249 g/mol. The first-order chi connectivity index (χ1) is 8.67. The summed E-state index contributed by atoms with van der Waals surface area (Å²) in [5.74, 6) is 0.335. The Hall–Kier alpha value is -0.890. The maximum Gasteiger partial charge on any atom is 0.140 e. The van der Waals surface area contributed by atoms with E-state index in [-0.39, 0.29) is 5.41 Å². The summed E-state index contributed by atoms with van der Waals surface area (Å²) in [5, 5.41) is 3.33. The second kappa shape index (κ2) is 7.52. The van der Waals surface area contributed by atoms with Gasteiger partial charge in [0.1, 0.15) is 5.78 Å². The number of rotatable bonds is 2. The second-order valence-electron chi connectivity index (χ2n) is 5.23. The van der Waals surface area contributed by atoms with E-state index < -0.39 is 0 Å². The molecule has 0 radical (unpaired) electrons. The molecular weight excluding hydrogens is 222 g/mol. The lowest BCUT2D eigenvalue weighted by atomic mass is 9.69. The molecule has 0 aromatic heterocycles. The first kappa shape index (κ1) is 15.2. The molecule has 102 valence electrons. The van der Waals surface area contributed by atoms with Crippen LogP contribution in [0.1, 0.15) is 52.9 Å². The number of ketones is 1. The second-order valence-corrected chi connectivity index (χ2v) is 5.23. The van der Waals surface area contributed by atoms with Crippen molar-refractivity contribution < 1.29 is 4.79 Å². The van der Waals surface area contributed by atoms with Gasteiger partial charge < -0.3 is 5.32 Å². The molecule has 0 amide bonds. The summed E-state index contributed by atoms with van der Waals surface area (Å²) in [5.41, 5.74) is 1.09. The van der Waals surface area contributed by atoms with Gasteiger partial charge in [-0.2, -0.15) is 0 Å². The van der Waals surface area contributed by atoms with Gasteiger partial charge in [-0.15, -0.1) is 0 Å². The zero-order chi connectivity index (χ0) is 13.4.